The minimum atomic E-state index is -2.94. The van der Waals surface area contributed by atoms with Crippen molar-refractivity contribution in [3.63, 3.8) is 0 Å². The van der Waals surface area contributed by atoms with E-state index in [1.165, 1.54) is 25.3 Å². The lowest BCUT2D eigenvalue weighted by Crippen LogP contribution is -2.40. The maximum atomic E-state index is 12.4. The van der Waals surface area contributed by atoms with E-state index in [9.17, 15) is 13.6 Å². The molecule has 22 heavy (non-hydrogen) atoms. The molecule has 0 aliphatic carbocycles. The first kappa shape index (κ1) is 18.5. The van der Waals surface area contributed by atoms with Crippen molar-refractivity contribution in [1.29, 1.82) is 0 Å². The molecule has 1 atom stereocenters. The Morgan fingerprint density at radius 2 is 2.18 bits per heavy atom. The van der Waals surface area contributed by atoms with Crippen LogP contribution in [0.4, 0.5) is 8.78 Å². The van der Waals surface area contributed by atoms with Crippen LogP contribution in [0.5, 0.6) is 11.5 Å². The zero-order valence-electron chi connectivity index (χ0n) is 12.5. The van der Waals surface area contributed by atoms with E-state index in [0.29, 0.717) is 17.7 Å². The average molecular weight is 334 g/mol. The topological polar surface area (TPSA) is 73.6 Å². The number of ether oxygens (including phenoxy) is 2. The van der Waals surface area contributed by atoms with Crippen LogP contribution >= 0.6 is 11.8 Å². The first-order chi connectivity index (χ1) is 10.5. The second-order valence-electron chi connectivity index (χ2n) is 4.46. The summed E-state index contributed by atoms with van der Waals surface area (Å²) in [6, 6.07) is 3.79. The summed E-state index contributed by atoms with van der Waals surface area (Å²) in [7, 11) is 1.46. The number of benzene rings is 1. The molecule has 1 aromatic carbocycles. The molecule has 0 spiro atoms. The first-order valence-corrected chi connectivity index (χ1v) is 8.01. The van der Waals surface area contributed by atoms with Crippen molar-refractivity contribution in [3.8, 4) is 11.5 Å². The number of hydrogen-bond donors (Lipinski definition) is 2. The molecule has 1 aromatic rings. The molecule has 124 valence electrons. The largest absolute Gasteiger partial charge is 0.497 e. The molecule has 0 heterocycles. The van der Waals surface area contributed by atoms with Crippen LogP contribution in [0.15, 0.2) is 18.2 Å². The first-order valence-electron chi connectivity index (χ1n) is 6.62. The molecule has 3 N–H and O–H groups in total. The molecular weight excluding hydrogens is 314 g/mol. The normalized spacial score (nSPS) is 12.1. The monoisotopic (exact) mass is 334 g/mol. The van der Waals surface area contributed by atoms with Crippen LogP contribution in [0.25, 0.3) is 0 Å². The Bertz CT molecular complexity index is 489. The third kappa shape index (κ3) is 6.07. The molecule has 0 aromatic heterocycles. The second-order valence-corrected chi connectivity index (χ2v) is 5.44. The fourth-order valence-corrected chi connectivity index (χ4v) is 2.21. The molecule has 0 radical (unpaired) electrons. The molecule has 0 aliphatic heterocycles. The van der Waals surface area contributed by atoms with E-state index in [0.717, 1.165) is 5.75 Å². The van der Waals surface area contributed by atoms with Crippen molar-refractivity contribution >= 4 is 17.7 Å². The maximum absolute atomic E-state index is 12.4. The van der Waals surface area contributed by atoms with Crippen molar-refractivity contribution in [3.05, 3.63) is 23.8 Å². The number of nitrogens with two attached hydrogens (primary N) is 1. The minimum Gasteiger partial charge on any atom is -0.497 e. The van der Waals surface area contributed by atoms with Gasteiger partial charge in [0.25, 0.3) is 0 Å². The van der Waals surface area contributed by atoms with Gasteiger partial charge in [-0.25, -0.2) is 0 Å². The lowest BCUT2D eigenvalue weighted by atomic mass is 10.1. The van der Waals surface area contributed by atoms with E-state index in [2.05, 4.69) is 10.1 Å². The lowest BCUT2D eigenvalue weighted by molar-refractivity contribution is -0.122. The number of methoxy groups -OCH3 is 1. The zero-order chi connectivity index (χ0) is 16.5. The fourth-order valence-electron chi connectivity index (χ4n) is 1.72. The van der Waals surface area contributed by atoms with Crippen LogP contribution < -0.4 is 20.5 Å². The third-order valence-corrected chi connectivity index (χ3v) is 3.55. The zero-order valence-corrected chi connectivity index (χ0v) is 13.3. The predicted octanol–water partition coefficient (Wildman–Crippen LogP) is 1.99. The lowest BCUT2D eigenvalue weighted by Gasteiger charge is -2.15. The number of thioether (sulfide) groups is 1. The van der Waals surface area contributed by atoms with Crippen molar-refractivity contribution < 1.29 is 23.0 Å². The van der Waals surface area contributed by atoms with Gasteiger partial charge in [0.2, 0.25) is 5.91 Å². The van der Waals surface area contributed by atoms with Gasteiger partial charge >= 0.3 is 6.61 Å². The van der Waals surface area contributed by atoms with Crippen LogP contribution in [-0.2, 0) is 11.3 Å². The van der Waals surface area contributed by atoms with E-state index in [1.54, 1.807) is 11.8 Å². The van der Waals surface area contributed by atoms with Crippen molar-refractivity contribution in [2.45, 2.75) is 25.6 Å². The molecule has 1 rings (SSSR count). The fraction of sp³-hybridized carbons (Fsp3) is 0.500. The molecule has 0 aliphatic rings. The third-order valence-electron chi connectivity index (χ3n) is 2.91. The quantitative estimate of drug-likeness (QED) is 0.722. The number of halogens is 2. The number of amides is 1. The molecule has 0 bridgehead atoms. The minimum absolute atomic E-state index is 0.00575. The summed E-state index contributed by atoms with van der Waals surface area (Å²) in [6.45, 7) is -2.91. The van der Waals surface area contributed by atoms with Crippen LogP contribution in [0, 0.1) is 0 Å². The summed E-state index contributed by atoms with van der Waals surface area (Å²) in [5.41, 5.74) is 6.13. The van der Waals surface area contributed by atoms with Crippen molar-refractivity contribution in [2.24, 2.45) is 5.73 Å². The van der Waals surface area contributed by atoms with Crippen LogP contribution in [-0.4, -0.2) is 37.7 Å². The Hall–Kier alpha value is -1.54. The highest BCUT2D eigenvalue weighted by molar-refractivity contribution is 7.98. The maximum Gasteiger partial charge on any atom is 0.387 e. The molecule has 0 saturated carbocycles. The van der Waals surface area contributed by atoms with Gasteiger partial charge in [-0.1, -0.05) is 0 Å². The van der Waals surface area contributed by atoms with E-state index in [1.807, 2.05) is 6.26 Å². The molecular formula is C14H20F2N2O3S. The Labute approximate surface area is 132 Å². The number of alkyl halides is 2. The van der Waals surface area contributed by atoms with Gasteiger partial charge in [-0.3, -0.25) is 4.79 Å². The number of carbonyl (C=O) groups is 1. The van der Waals surface area contributed by atoms with Gasteiger partial charge in [-0.05, 0) is 36.6 Å². The van der Waals surface area contributed by atoms with Crippen LogP contribution in [0.3, 0.4) is 0 Å². The van der Waals surface area contributed by atoms with Gasteiger partial charge in [0.15, 0.2) is 0 Å². The van der Waals surface area contributed by atoms with Gasteiger partial charge < -0.3 is 20.5 Å². The van der Waals surface area contributed by atoms with Crippen LogP contribution in [0.2, 0.25) is 0 Å². The highest BCUT2D eigenvalue weighted by Gasteiger charge is 2.15. The Morgan fingerprint density at radius 1 is 1.45 bits per heavy atom. The molecule has 5 nitrogen and oxygen atoms in total. The van der Waals surface area contributed by atoms with E-state index in [4.69, 9.17) is 10.5 Å². The Morgan fingerprint density at radius 3 is 2.77 bits per heavy atom. The molecule has 0 fully saturated rings. The summed E-state index contributed by atoms with van der Waals surface area (Å²) in [5.74, 6) is 0.916. The summed E-state index contributed by atoms with van der Waals surface area (Å²) in [6.07, 6.45) is 2.47. The molecule has 0 saturated heterocycles. The van der Waals surface area contributed by atoms with Gasteiger partial charge in [0, 0.05) is 12.1 Å². The second kappa shape index (κ2) is 9.47. The summed E-state index contributed by atoms with van der Waals surface area (Å²) in [4.78, 5) is 11.8. The predicted molar refractivity (Wildman–Crippen MR) is 82.4 cm³/mol. The SMILES string of the molecule is COc1ccc(OC(F)F)c(CNC(=O)[C@@H](N)CCSC)c1. The molecule has 8 heteroatoms. The Balaban J connectivity index is 2.71. The number of hydrogen-bond acceptors (Lipinski definition) is 5. The molecule has 1 amide bonds. The Kier molecular flexibility index (Phi) is 7.97. The number of nitrogens with one attached hydrogen (secondary N) is 1. The van der Waals surface area contributed by atoms with Gasteiger partial charge in [0.1, 0.15) is 11.5 Å². The average Bonchev–Trinajstić information content (AvgIpc) is 2.50. The van der Waals surface area contributed by atoms with Crippen LogP contribution in [0.1, 0.15) is 12.0 Å². The summed E-state index contributed by atoms with van der Waals surface area (Å²) >= 11 is 1.60. The van der Waals surface area contributed by atoms with E-state index >= 15 is 0 Å². The smallest absolute Gasteiger partial charge is 0.387 e. The van der Waals surface area contributed by atoms with Gasteiger partial charge in [-0.2, -0.15) is 20.5 Å². The van der Waals surface area contributed by atoms with E-state index < -0.39 is 12.7 Å². The van der Waals surface area contributed by atoms with Gasteiger partial charge in [0.05, 0.1) is 13.2 Å². The standard InChI is InChI=1S/C14H20F2N2O3S/c1-20-10-3-4-12(21-14(15)16)9(7-10)8-18-13(19)11(17)5-6-22-2/h3-4,7,11,14H,5-6,8,17H2,1-2H3,(H,18,19)/t11-/m0/s1. The molecule has 0 unspecified atom stereocenters. The summed E-state index contributed by atoms with van der Waals surface area (Å²) in [5, 5.41) is 2.62. The number of rotatable bonds is 9. The summed E-state index contributed by atoms with van der Waals surface area (Å²) < 4.78 is 34.2. The highest BCUT2D eigenvalue weighted by atomic mass is 32.2. The van der Waals surface area contributed by atoms with E-state index in [-0.39, 0.29) is 18.2 Å². The van der Waals surface area contributed by atoms with Gasteiger partial charge in [-0.15, -0.1) is 0 Å². The highest BCUT2D eigenvalue weighted by Crippen LogP contribution is 2.25. The van der Waals surface area contributed by atoms with Crippen molar-refractivity contribution in [1.82, 2.24) is 5.32 Å². The van der Waals surface area contributed by atoms with Crippen molar-refractivity contribution in [2.75, 3.05) is 19.1 Å². The number of carbonyl (C=O) groups excluding carboxylic acids is 1.